The maximum Gasteiger partial charge on any atom is 0.151 e. The fourth-order valence-electron chi connectivity index (χ4n) is 2.02. The zero-order chi connectivity index (χ0) is 14.2. The second-order valence-electron chi connectivity index (χ2n) is 5.02. The van der Waals surface area contributed by atoms with Crippen molar-refractivity contribution in [1.29, 1.82) is 0 Å². The largest absolute Gasteiger partial charge is 0.393 e. The molecule has 5 heteroatoms. The summed E-state index contributed by atoms with van der Waals surface area (Å²) in [5.41, 5.74) is 1.01. The van der Waals surface area contributed by atoms with E-state index in [1.807, 2.05) is 13.8 Å². The normalized spacial score (nSPS) is 13.2. The van der Waals surface area contributed by atoms with Crippen LogP contribution in [0.3, 0.4) is 0 Å². The number of hydrogen-bond donors (Lipinski definition) is 1. The van der Waals surface area contributed by atoms with E-state index in [2.05, 4.69) is 9.97 Å². The zero-order valence-electron chi connectivity index (χ0n) is 11.1. The lowest BCUT2D eigenvalue weighted by Crippen LogP contribution is -2.11. The van der Waals surface area contributed by atoms with Crippen molar-refractivity contribution in [2.75, 3.05) is 0 Å². The summed E-state index contributed by atoms with van der Waals surface area (Å²) < 4.78 is 14.0. The Kier molecular flexibility index (Phi) is 4.02. The molecule has 0 bridgehead atoms. The Morgan fingerprint density at radius 3 is 2.53 bits per heavy atom. The SMILES string of the molecule is CC(O)Cc1nc(C(C)C)c2cc(Cl)cc(F)c2n1. The molecule has 3 nitrogen and oxygen atoms in total. The third-order valence-corrected chi connectivity index (χ3v) is 3.04. The highest BCUT2D eigenvalue weighted by molar-refractivity contribution is 6.31. The minimum Gasteiger partial charge on any atom is -0.393 e. The summed E-state index contributed by atoms with van der Waals surface area (Å²) in [6.07, 6.45) is -0.259. The van der Waals surface area contributed by atoms with Crippen LogP contribution in [0.4, 0.5) is 4.39 Å². The summed E-state index contributed by atoms with van der Waals surface area (Å²) >= 11 is 5.89. The summed E-state index contributed by atoms with van der Waals surface area (Å²) in [4.78, 5) is 8.62. The van der Waals surface area contributed by atoms with Crippen LogP contribution in [0.1, 0.15) is 38.2 Å². The Morgan fingerprint density at radius 2 is 1.95 bits per heavy atom. The first-order valence-electron chi connectivity index (χ1n) is 6.22. The zero-order valence-corrected chi connectivity index (χ0v) is 11.9. The van der Waals surface area contributed by atoms with E-state index in [-0.39, 0.29) is 11.4 Å². The van der Waals surface area contributed by atoms with Gasteiger partial charge < -0.3 is 5.11 Å². The van der Waals surface area contributed by atoms with Crippen LogP contribution >= 0.6 is 11.6 Å². The number of aromatic nitrogens is 2. The van der Waals surface area contributed by atoms with Crippen molar-refractivity contribution >= 4 is 22.5 Å². The molecule has 0 saturated heterocycles. The van der Waals surface area contributed by atoms with Crippen LogP contribution in [0, 0.1) is 5.82 Å². The minimum absolute atomic E-state index is 0.121. The molecule has 19 heavy (non-hydrogen) atoms. The van der Waals surface area contributed by atoms with E-state index in [1.54, 1.807) is 13.0 Å². The van der Waals surface area contributed by atoms with Crippen LogP contribution in [0.5, 0.6) is 0 Å². The monoisotopic (exact) mass is 282 g/mol. The second-order valence-corrected chi connectivity index (χ2v) is 5.45. The summed E-state index contributed by atoms with van der Waals surface area (Å²) in [7, 11) is 0. The number of halogens is 2. The summed E-state index contributed by atoms with van der Waals surface area (Å²) in [5.74, 6) is 0.113. The molecule has 1 heterocycles. The fourth-order valence-corrected chi connectivity index (χ4v) is 2.23. The first-order chi connectivity index (χ1) is 8.88. The lowest BCUT2D eigenvalue weighted by molar-refractivity contribution is 0.193. The Hall–Kier alpha value is -1.26. The van der Waals surface area contributed by atoms with Crippen molar-refractivity contribution in [2.45, 2.75) is 39.2 Å². The molecular weight excluding hydrogens is 267 g/mol. The van der Waals surface area contributed by atoms with Crippen molar-refractivity contribution in [1.82, 2.24) is 9.97 Å². The molecule has 0 saturated carbocycles. The van der Waals surface area contributed by atoms with E-state index in [1.165, 1.54) is 6.07 Å². The van der Waals surface area contributed by atoms with E-state index in [0.717, 1.165) is 5.69 Å². The van der Waals surface area contributed by atoms with E-state index in [9.17, 15) is 9.50 Å². The van der Waals surface area contributed by atoms with Crippen molar-refractivity contribution < 1.29 is 9.50 Å². The molecule has 2 rings (SSSR count). The molecule has 2 aromatic rings. The maximum atomic E-state index is 14.0. The molecule has 102 valence electrons. The fraction of sp³-hybridized carbons (Fsp3) is 0.429. The predicted molar refractivity (Wildman–Crippen MR) is 74.0 cm³/mol. The molecule has 0 aliphatic carbocycles. The first-order valence-corrected chi connectivity index (χ1v) is 6.60. The number of rotatable bonds is 3. The van der Waals surface area contributed by atoms with Crippen LogP contribution in [-0.4, -0.2) is 21.2 Å². The van der Waals surface area contributed by atoms with Gasteiger partial charge in [-0.15, -0.1) is 0 Å². The van der Waals surface area contributed by atoms with Gasteiger partial charge in [-0.2, -0.15) is 0 Å². The van der Waals surface area contributed by atoms with Gasteiger partial charge in [0, 0.05) is 16.8 Å². The molecule has 0 spiro atoms. The lowest BCUT2D eigenvalue weighted by atomic mass is 10.0. The molecule has 0 aliphatic rings. The van der Waals surface area contributed by atoms with Crippen LogP contribution in [0.25, 0.3) is 10.9 Å². The quantitative estimate of drug-likeness (QED) is 0.938. The van der Waals surface area contributed by atoms with Gasteiger partial charge in [0.05, 0.1) is 11.8 Å². The molecule has 1 aromatic heterocycles. The average molecular weight is 283 g/mol. The van der Waals surface area contributed by atoms with Crippen LogP contribution in [0.2, 0.25) is 5.02 Å². The Morgan fingerprint density at radius 1 is 1.26 bits per heavy atom. The Labute approximate surface area is 116 Å². The number of benzene rings is 1. The molecule has 0 fully saturated rings. The average Bonchev–Trinajstić information content (AvgIpc) is 2.28. The van der Waals surface area contributed by atoms with E-state index < -0.39 is 11.9 Å². The maximum absolute atomic E-state index is 14.0. The van der Waals surface area contributed by atoms with Gasteiger partial charge in [-0.1, -0.05) is 25.4 Å². The predicted octanol–water partition coefficient (Wildman–Crippen LogP) is 3.47. The number of fused-ring (bicyclic) bond motifs is 1. The van der Waals surface area contributed by atoms with Gasteiger partial charge in [0.25, 0.3) is 0 Å². The smallest absolute Gasteiger partial charge is 0.151 e. The highest BCUT2D eigenvalue weighted by Gasteiger charge is 2.15. The molecule has 0 radical (unpaired) electrons. The highest BCUT2D eigenvalue weighted by atomic mass is 35.5. The standard InChI is InChI=1S/C14H16ClFN2O/c1-7(2)13-10-5-9(15)6-11(16)14(10)18-12(17-13)4-8(3)19/h5-8,19H,4H2,1-3H3. The number of aliphatic hydroxyl groups is 1. The molecular formula is C14H16ClFN2O. The van der Waals surface area contributed by atoms with E-state index in [0.29, 0.717) is 22.7 Å². The minimum atomic E-state index is -0.562. The second kappa shape index (κ2) is 5.39. The van der Waals surface area contributed by atoms with Crippen LogP contribution in [-0.2, 0) is 6.42 Å². The van der Waals surface area contributed by atoms with Gasteiger partial charge in [-0.3, -0.25) is 0 Å². The van der Waals surface area contributed by atoms with E-state index in [4.69, 9.17) is 11.6 Å². The molecule has 0 aliphatic heterocycles. The topological polar surface area (TPSA) is 46.0 Å². The lowest BCUT2D eigenvalue weighted by Gasteiger charge is -2.13. The summed E-state index contributed by atoms with van der Waals surface area (Å²) in [6.45, 7) is 5.61. The van der Waals surface area contributed by atoms with Crippen LogP contribution in [0.15, 0.2) is 12.1 Å². The number of hydrogen-bond acceptors (Lipinski definition) is 3. The van der Waals surface area contributed by atoms with Gasteiger partial charge >= 0.3 is 0 Å². The van der Waals surface area contributed by atoms with Gasteiger partial charge in [-0.25, -0.2) is 14.4 Å². The number of nitrogens with zero attached hydrogens (tertiary/aromatic N) is 2. The molecule has 1 N–H and O–H groups in total. The van der Waals surface area contributed by atoms with Crippen molar-refractivity contribution in [2.24, 2.45) is 0 Å². The highest BCUT2D eigenvalue weighted by Crippen LogP contribution is 2.28. The van der Waals surface area contributed by atoms with E-state index >= 15 is 0 Å². The van der Waals surface area contributed by atoms with Crippen molar-refractivity contribution in [3.63, 3.8) is 0 Å². The Bertz CT molecular complexity index is 614. The van der Waals surface area contributed by atoms with Crippen LogP contribution < -0.4 is 0 Å². The first kappa shape index (κ1) is 14.2. The van der Waals surface area contributed by atoms with Crippen molar-refractivity contribution in [3.8, 4) is 0 Å². The van der Waals surface area contributed by atoms with Gasteiger partial charge in [0.15, 0.2) is 5.82 Å². The Balaban J connectivity index is 2.72. The summed E-state index contributed by atoms with van der Waals surface area (Å²) in [5, 5.41) is 10.4. The molecule has 1 unspecified atom stereocenters. The third-order valence-electron chi connectivity index (χ3n) is 2.82. The molecule has 1 atom stereocenters. The van der Waals surface area contributed by atoms with Gasteiger partial charge in [0.2, 0.25) is 0 Å². The third kappa shape index (κ3) is 3.01. The van der Waals surface area contributed by atoms with Crippen molar-refractivity contribution in [3.05, 3.63) is 34.5 Å². The van der Waals surface area contributed by atoms with Gasteiger partial charge in [0.1, 0.15) is 11.3 Å². The number of aliphatic hydroxyl groups excluding tert-OH is 1. The van der Waals surface area contributed by atoms with Gasteiger partial charge in [-0.05, 0) is 25.0 Å². The summed E-state index contributed by atoms with van der Waals surface area (Å²) in [6, 6.07) is 2.93. The molecule has 1 aromatic carbocycles. The molecule has 0 amide bonds.